The third kappa shape index (κ3) is 3.16. The van der Waals surface area contributed by atoms with Crippen molar-refractivity contribution in [2.75, 3.05) is 20.8 Å². The number of rotatable bonds is 6. The van der Waals surface area contributed by atoms with Crippen LogP contribution in [0, 0.1) is 0 Å². The molecule has 1 aromatic heterocycles. The summed E-state index contributed by atoms with van der Waals surface area (Å²) in [6, 6.07) is 4.36. The van der Waals surface area contributed by atoms with E-state index in [1.807, 2.05) is 30.3 Å². The minimum Gasteiger partial charge on any atom is -0.383 e. The molecule has 1 N–H and O–H groups in total. The summed E-state index contributed by atoms with van der Waals surface area (Å²) >= 11 is 0. The van der Waals surface area contributed by atoms with Gasteiger partial charge in [-0.15, -0.1) is 0 Å². The quantitative estimate of drug-likeness (QED) is 0.853. The fourth-order valence-corrected chi connectivity index (χ4v) is 2.81. The van der Waals surface area contributed by atoms with Crippen LogP contribution in [-0.4, -0.2) is 48.6 Å². The van der Waals surface area contributed by atoms with Crippen molar-refractivity contribution in [2.24, 2.45) is 0 Å². The Hall–Kier alpha value is -1.46. The number of amides is 1. The van der Waals surface area contributed by atoms with Crippen molar-refractivity contribution in [3.8, 4) is 0 Å². The molecule has 2 rings (SSSR count). The number of hydrogen-bond acceptors (Lipinski definition) is 4. The molecule has 110 valence electrons. The first-order valence-electron chi connectivity index (χ1n) is 7.08. The van der Waals surface area contributed by atoms with Gasteiger partial charge in [0.05, 0.1) is 12.6 Å². The maximum absolute atomic E-state index is 12.0. The standard InChI is InChI=1S/C15H23N3O2/c1-4-12(10-20-3)17-13-8-14(19)18(2)15(13)11-6-5-7-16-9-11/h5-7,9,12-13,15,17H,4,8,10H2,1-3H3/t12?,13-,15+/m1/s1. The number of hydrogen-bond donors (Lipinski definition) is 1. The molecule has 0 spiro atoms. The Morgan fingerprint density at radius 1 is 1.60 bits per heavy atom. The highest BCUT2D eigenvalue weighted by atomic mass is 16.5. The summed E-state index contributed by atoms with van der Waals surface area (Å²) in [6.07, 6.45) is 5.09. The molecule has 5 nitrogen and oxygen atoms in total. The molecule has 0 bridgehead atoms. The Morgan fingerprint density at radius 2 is 2.40 bits per heavy atom. The lowest BCUT2D eigenvalue weighted by Crippen LogP contribution is -2.43. The van der Waals surface area contributed by atoms with Gasteiger partial charge in [-0.05, 0) is 18.1 Å². The lowest BCUT2D eigenvalue weighted by molar-refractivity contribution is -0.127. The number of carbonyl (C=O) groups excluding carboxylic acids is 1. The van der Waals surface area contributed by atoms with Gasteiger partial charge >= 0.3 is 0 Å². The highest BCUT2D eigenvalue weighted by molar-refractivity contribution is 5.80. The van der Waals surface area contributed by atoms with E-state index in [0.29, 0.717) is 13.0 Å². The van der Waals surface area contributed by atoms with E-state index in [-0.39, 0.29) is 24.0 Å². The number of ether oxygens (including phenoxy) is 1. The van der Waals surface area contributed by atoms with E-state index >= 15 is 0 Å². The van der Waals surface area contributed by atoms with Gasteiger partial charge in [-0.3, -0.25) is 9.78 Å². The topological polar surface area (TPSA) is 54.5 Å². The second-order valence-electron chi connectivity index (χ2n) is 5.27. The van der Waals surface area contributed by atoms with Crippen molar-refractivity contribution in [2.45, 2.75) is 37.9 Å². The summed E-state index contributed by atoms with van der Waals surface area (Å²) in [5.74, 6) is 0.170. The minimum atomic E-state index is 0.0436. The molecular weight excluding hydrogens is 254 g/mol. The van der Waals surface area contributed by atoms with Crippen LogP contribution in [0.15, 0.2) is 24.5 Å². The highest BCUT2D eigenvalue weighted by Gasteiger charge is 2.39. The van der Waals surface area contributed by atoms with Crippen molar-refractivity contribution in [3.63, 3.8) is 0 Å². The largest absolute Gasteiger partial charge is 0.383 e. The number of aromatic nitrogens is 1. The lowest BCUT2D eigenvalue weighted by Gasteiger charge is -2.28. The van der Waals surface area contributed by atoms with Gasteiger partial charge in [0.2, 0.25) is 5.91 Å². The van der Waals surface area contributed by atoms with Crippen molar-refractivity contribution in [3.05, 3.63) is 30.1 Å². The Balaban J connectivity index is 2.16. The normalized spacial score (nSPS) is 24.1. The van der Waals surface area contributed by atoms with E-state index in [1.54, 1.807) is 13.3 Å². The van der Waals surface area contributed by atoms with Crippen molar-refractivity contribution in [1.29, 1.82) is 0 Å². The lowest BCUT2D eigenvalue weighted by atomic mass is 10.0. The molecule has 5 heteroatoms. The van der Waals surface area contributed by atoms with Gasteiger partial charge in [-0.1, -0.05) is 13.0 Å². The van der Waals surface area contributed by atoms with Crippen LogP contribution in [0.5, 0.6) is 0 Å². The van der Waals surface area contributed by atoms with E-state index in [4.69, 9.17) is 4.74 Å². The van der Waals surface area contributed by atoms with Crippen molar-refractivity contribution >= 4 is 5.91 Å². The molecule has 0 aliphatic carbocycles. The molecule has 1 aliphatic heterocycles. The van der Waals surface area contributed by atoms with Crippen molar-refractivity contribution in [1.82, 2.24) is 15.2 Å². The Bertz CT molecular complexity index is 438. The SMILES string of the molecule is CCC(COC)N[C@@H]1CC(=O)N(C)[C@H]1c1cccnc1. The summed E-state index contributed by atoms with van der Waals surface area (Å²) in [5.41, 5.74) is 1.07. The first kappa shape index (κ1) is 14.9. The number of likely N-dealkylation sites (tertiary alicyclic amines) is 1. The molecule has 1 unspecified atom stereocenters. The number of pyridine rings is 1. The molecule has 1 fully saturated rings. The van der Waals surface area contributed by atoms with Crippen LogP contribution in [0.25, 0.3) is 0 Å². The van der Waals surface area contributed by atoms with Crippen LogP contribution in [0.2, 0.25) is 0 Å². The summed E-state index contributed by atoms with van der Waals surface area (Å²) in [7, 11) is 3.56. The molecular formula is C15H23N3O2. The van der Waals surface area contributed by atoms with Crippen LogP contribution >= 0.6 is 0 Å². The van der Waals surface area contributed by atoms with Crippen molar-refractivity contribution < 1.29 is 9.53 Å². The van der Waals surface area contributed by atoms with E-state index in [1.165, 1.54) is 0 Å². The molecule has 1 saturated heterocycles. The number of carbonyl (C=O) groups is 1. The number of nitrogens with zero attached hydrogens (tertiary/aromatic N) is 2. The summed E-state index contributed by atoms with van der Waals surface area (Å²) in [4.78, 5) is 18.0. The third-order valence-electron chi connectivity index (χ3n) is 3.92. The smallest absolute Gasteiger partial charge is 0.224 e. The maximum atomic E-state index is 12.0. The van der Waals surface area contributed by atoms with Gasteiger partial charge in [0.1, 0.15) is 0 Å². The van der Waals surface area contributed by atoms with Crippen LogP contribution in [0.1, 0.15) is 31.4 Å². The fraction of sp³-hybridized carbons (Fsp3) is 0.600. The zero-order chi connectivity index (χ0) is 14.5. The monoisotopic (exact) mass is 277 g/mol. The molecule has 1 aliphatic rings. The van der Waals surface area contributed by atoms with Crippen LogP contribution in [-0.2, 0) is 9.53 Å². The molecule has 20 heavy (non-hydrogen) atoms. The second kappa shape index (κ2) is 6.81. The zero-order valence-electron chi connectivity index (χ0n) is 12.4. The van der Waals surface area contributed by atoms with E-state index in [2.05, 4.69) is 17.2 Å². The Labute approximate surface area is 120 Å². The first-order chi connectivity index (χ1) is 9.67. The maximum Gasteiger partial charge on any atom is 0.224 e. The molecule has 2 heterocycles. The summed E-state index contributed by atoms with van der Waals surface area (Å²) in [6.45, 7) is 2.78. The molecule has 1 aromatic rings. The fourth-order valence-electron chi connectivity index (χ4n) is 2.81. The predicted octanol–water partition coefficient (Wildman–Crippen LogP) is 1.37. The number of nitrogens with one attached hydrogen (secondary N) is 1. The van der Waals surface area contributed by atoms with E-state index < -0.39 is 0 Å². The summed E-state index contributed by atoms with van der Waals surface area (Å²) in [5, 5.41) is 3.56. The molecule has 0 radical (unpaired) electrons. The van der Waals surface area contributed by atoms with Gasteiger partial charge in [-0.25, -0.2) is 0 Å². The second-order valence-corrected chi connectivity index (χ2v) is 5.27. The van der Waals surface area contributed by atoms with Gasteiger partial charge in [0, 0.05) is 45.1 Å². The van der Waals surface area contributed by atoms with E-state index in [0.717, 1.165) is 12.0 Å². The third-order valence-corrected chi connectivity index (χ3v) is 3.92. The zero-order valence-corrected chi connectivity index (χ0v) is 12.4. The molecule has 0 aromatic carbocycles. The van der Waals surface area contributed by atoms with Crippen LogP contribution in [0.3, 0.4) is 0 Å². The molecule has 1 amide bonds. The van der Waals surface area contributed by atoms with E-state index in [9.17, 15) is 4.79 Å². The first-order valence-corrected chi connectivity index (χ1v) is 7.08. The number of likely N-dealkylation sites (N-methyl/N-ethyl adjacent to an activating group) is 1. The average Bonchev–Trinajstić information content (AvgIpc) is 2.74. The van der Waals surface area contributed by atoms with Gasteiger partial charge in [0.15, 0.2) is 0 Å². The predicted molar refractivity (Wildman–Crippen MR) is 77.2 cm³/mol. The van der Waals surface area contributed by atoms with Crippen LogP contribution in [0.4, 0.5) is 0 Å². The Morgan fingerprint density at radius 3 is 3.00 bits per heavy atom. The highest BCUT2D eigenvalue weighted by Crippen LogP contribution is 2.31. The van der Waals surface area contributed by atoms with Gasteiger partial charge in [-0.2, -0.15) is 0 Å². The molecule has 0 saturated carbocycles. The molecule has 3 atom stereocenters. The minimum absolute atomic E-state index is 0.0436. The Kier molecular flexibility index (Phi) is 5.09. The average molecular weight is 277 g/mol. The number of methoxy groups -OCH3 is 1. The van der Waals surface area contributed by atoms with Gasteiger partial charge in [0.25, 0.3) is 0 Å². The van der Waals surface area contributed by atoms with Gasteiger partial charge < -0.3 is 15.0 Å². The summed E-state index contributed by atoms with van der Waals surface area (Å²) < 4.78 is 5.23. The van der Waals surface area contributed by atoms with Crippen LogP contribution < -0.4 is 5.32 Å².